The van der Waals surface area contributed by atoms with Crippen LogP contribution < -0.4 is 15.9 Å². The second kappa shape index (κ2) is 5.28. The molecule has 4 rings (SSSR count). The monoisotopic (exact) mass is 311 g/mol. The Labute approximate surface area is 130 Å². The van der Waals surface area contributed by atoms with Crippen LogP contribution in [0, 0.1) is 0 Å². The van der Waals surface area contributed by atoms with E-state index in [1.807, 2.05) is 24.3 Å². The SMILES string of the molecule is O=C(N[C@@H]1CCc2ccccc21)On1c(=O)oc2cccnc21. The van der Waals surface area contributed by atoms with Crippen molar-refractivity contribution >= 4 is 17.3 Å². The van der Waals surface area contributed by atoms with Gasteiger partial charge < -0.3 is 14.6 Å². The molecular formula is C16H13N3O4. The Morgan fingerprint density at radius 1 is 1.30 bits per heavy atom. The van der Waals surface area contributed by atoms with Crippen LogP contribution in [0.1, 0.15) is 23.6 Å². The fraction of sp³-hybridized carbons (Fsp3) is 0.188. The van der Waals surface area contributed by atoms with E-state index in [1.54, 1.807) is 12.1 Å². The van der Waals surface area contributed by atoms with Crippen molar-refractivity contribution < 1.29 is 14.0 Å². The summed E-state index contributed by atoms with van der Waals surface area (Å²) < 4.78 is 5.72. The van der Waals surface area contributed by atoms with Crippen molar-refractivity contribution in [3.63, 3.8) is 0 Å². The van der Waals surface area contributed by atoms with E-state index in [-0.39, 0.29) is 17.3 Å². The van der Waals surface area contributed by atoms with Gasteiger partial charge in [0.05, 0.1) is 6.04 Å². The summed E-state index contributed by atoms with van der Waals surface area (Å²) in [4.78, 5) is 32.9. The standard InChI is InChI=1S/C16H13N3O4/c20-15(18-12-8-7-10-4-1-2-5-11(10)12)23-19-14-13(22-16(19)21)6-3-9-17-14/h1-6,9,12H,7-8H2,(H,18,20)/t12-/m1/s1. The van der Waals surface area contributed by atoms with Crippen molar-refractivity contribution in [1.29, 1.82) is 0 Å². The Hall–Kier alpha value is -3.09. The fourth-order valence-electron chi connectivity index (χ4n) is 2.88. The maximum Gasteiger partial charge on any atom is 0.455 e. The first-order valence-electron chi connectivity index (χ1n) is 7.25. The summed E-state index contributed by atoms with van der Waals surface area (Å²) in [5.41, 5.74) is 2.72. The molecule has 7 nitrogen and oxygen atoms in total. The molecule has 2 aromatic heterocycles. The molecule has 0 fully saturated rings. The number of rotatable bonds is 2. The second-order valence-corrected chi connectivity index (χ2v) is 5.30. The molecule has 0 radical (unpaired) electrons. The smallest absolute Gasteiger partial charge is 0.404 e. The molecule has 1 atom stereocenters. The predicted molar refractivity (Wildman–Crippen MR) is 80.9 cm³/mol. The first-order chi connectivity index (χ1) is 11.2. The summed E-state index contributed by atoms with van der Waals surface area (Å²) in [5.74, 6) is -0.791. The van der Waals surface area contributed by atoms with Gasteiger partial charge in [0, 0.05) is 6.20 Å². The molecule has 0 saturated heterocycles. The average Bonchev–Trinajstić information content (AvgIpc) is 3.10. The topological polar surface area (TPSA) is 86.4 Å². The molecule has 1 aliphatic carbocycles. The first-order valence-corrected chi connectivity index (χ1v) is 7.25. The van der Waals surface area contributed by atoms with E-state index in [0.717, 1.165) is 23.1 Å². The molecule has 2 heterocycles. The molecule has 0 unspecified atom stereocenters. The molecular weight excluding hydrogens is 298 g/mol. The number of hydrogen-bond donors (Lipinski definition) is 1. The van der Waals surface area contributed by atoms with E-state index < -0.39 is 11.8 Å². The molecule has 0 bridgehead atoms. The quantitative estimate of drug-likeness (QED) is 0.780. The number of fused-ring (bicyclic) bond motifs is 2. The van der Waals surface area contributed by atoms with Crippen LogP contribution in [0.2, 0.25) is 0 Å². The highest BCUT2D eigenvalue weighted by Crippen LogP contribution is 2.30. The van der Waals surface area contributed by atoms with Gasteiger partial charge in [0.2, 0.25) is 5.65 Å². The lowest BCUT2D eigenvalue weighted by Gasteiger charge is -2.13. The minimum Gasteiger partial charge on any atom is -0.404 e. The van der Waals surface area contributed by atoms with E-state index in [0.29, 0.717) is 0 Å². The van der Waals surface area contributed by atoms with Crippen molar-refractivity contribution in [1.82, 2.24) is 15.0 Å². The van der Waals surface area contributed by atoms with Gasteiger partial charge in [0.1, 0.15) is 0 Å². The minimum atomic E-state index is -0.791. The number of nitrogens with one attached hydrogen (secondary N) is 1. The summed E-state index contributed by atoms with van der Waals surface area (Å²) >= 11 is 0. The van der Waals surface area contributed by atoms with Crippen molar-refractivity contribution in [3.8, 4) is 0 Å². The lowest BCUT2D eigenvalue weighted by Crippen LogP contribution is -2.37. The maximum absolute atomic E-state index is 12.1. The number of aryl methyl sites for hydroxylation is 1. The number of nitrogens with zero attached hydrogens (tertiary/aromatic N) is 2. The zero-order valence-electron chi connectivity index (χ0n) is 12.1. The van der Waals surface area contributed by atoms with E-state index >= 15 is 0 Å². The van der Waals surface area contributed by atoms with Crippen LogP contribution in [0.3, 0.4) is 0 Å². The molecule has 1 aromatic carbocycles. The van der Waals surface area contributed by atoms with Crippen LogP contribution in [0.15, 0.2) is 51.8 Å². The molecule has 116 valence electrons. The number of hydrogen-bond acceptors (Lipinski definition) is 5. The Kier molecular flexibility index (Phi) is 3.11. The van der Waals surface area contributed by atoms with Gasteiger partial charge in [-0.15, -0.1) is 0 Å². The fourth-order valence-corrected chi connectivity index (χ4v) is 2.88. The largest absolute Gasteiger partial charge is 0.455 e. The third-order valence-corrected chi connectivity index (χ3v) is 3.91. The summed E-state index contributed by atoms with van der Waals surface area (Å²) in [6.07, 6.45) is 2.47. The third-order valence-electron chi connectivity index (χ3n) is 3.91. The minimum absolute atomic E-state index is 0.125. The van der Waals surface area contributed by atoms with Crippen LogP contribution in [0.5, 0.6) is 0 Å². The maximum atomic E-state index is 12.1. The third kappa shape index (κ3) is 2.36. The lowest BCUT2D eigenvalue weighted by atomic mass is 10.1. The number of amides is 1. The summed E-state index contributed by atoms with van der Waals surface area (Å²) in [5, 5.41) is 2.77. The van der Waals surface area contributed by atoms with E-state index in [1.165, 1.54) is 11.8 Å². The molecule has 0 saturated carbocycles. The van der Waals surface area contributed by atoms with Crippen molar-refractivity contribution in [2.45, 2.75) is 18.9 Å². The summed E-state index contributed by atoms with van der Waals surface area (Å²) in [6.45, 7) is 0. The van der Waals surface area contributed by atoms with Gasteiger partial charge >= 0.3 is 11.8 Å². The average molecular weight is 311 g/mol. The zero-order valence-corrected chi connectivity index (χ0v) is 12.1. The Bertz CT molecular complexity index is 944. The van der Waals surface area contributed by atoms with Gasteiger partial charge in [0.15, 0.2) is 5.58 Å². The number of benzene rings is 1. The van der Waals surface area contributed by atoms with Crippen LogP contribution in [0.4, 0.5) is 4.79 Å². The summed E-state index contributed by atoms with van der Waals surface area (Å²) in [6, 6.07) is 11.0. The second-order valence-electron chi connectivity index (χ2n) is 5.30. The molecule has 1 amide bonds. The van der Waals surface area contributed by atoms with E-state index in [4.69, 9.17) is 9.25 Å². The molecule has 1 N–H and O–H groups in total. The highest BCUT2D eigenvalue weighted by atomic mass is 16.7. The van der Waals surface area contributed by atoms with Gasteiger partial charge in [-0.3, -0.25) is 0 Å². The molecule has 23 heavy (non-hydrogen) atoms. The van der Waals surface area contributed by atoms with E-state index in [9.17, 15) is 9.59 Å². The predicted octanol–water partition coefficient (Wildman–Crippen LogP) is 1.82. The Balaban J connectivity index is 1.55. The highest BCUT2D eigenvalue weighted by molar-refractivity contribution is 5.71. The van der Waals surface area contributed by atoms with Crippen LogP contribution in [-0.4, -0.2) is 15.8 Å². The van der Waals surface area contributed by atoms with E-state index in [2.05, 4.69) is 10.3 Å². The zero-order chi connectivity index (χ0) is 15.8. The van der Waals surface area contributed by atoms with Crippen LogP contribution >= 0.6 is 0 Å². The number of carbonyl (C=O) groups is 1. The number of oxazole rings is 1. The van der Waals surface area contributed by atoms with Gasteiger partial charge in [-0.25, -0.2) is 14.6 Å². The molecule has 0 aliphatic heterocycles. The highest BCUT2D eigenvalue weighted by Gasteiger charge is 2.25. The summed E-state index contributed by atoms with van der Waals surface area (Å²) in [7, 11) is 0. The van der Waals surface area contributed by atoms with Gasteiger partial charge in [-0.05, 0) is 36.1 Å². The van der Waals surface area contributed by atoms with Crippen molar-refractivity contribution in [3.05, 3.63) is 64.3 Å². The van der Waals surface area contributed by atoms with Crippen molar-refractivity contribution in [2.24, 2.45) is 0 Å². The Morgan fingerprint density at radius 3 is 3.09 bits per heavy atom. The van der Waals surface area contributed by atoms with Gasteiger partial charge in [-0.1, -0.05) is 29.0 Å². The Morgan fingerprint density at radius 2 is 2.17 bits per heavy atom. The van der Waals surface area contributed by atoms with Gasteiger partial charge in [-0.2, -0.15) is 0 Å². The van der Waals surface area contributed by atoms with Gasteiger partial charge in [0.25, 0.3) is 0 Å². The van der Waals surface area contributed by atoms with Crippen molar-refractivity contribution in [2.75, 3.05) is 0 Å². The number of aromatic nitrogens is 2. The normalized spacial score (nSPS) is 16.3. The van der Waals surface area contributed by atoms with Crippen LogP contribution in [0.25, 0.3) is 11.2 Å². The van der Waals surface area contributed by atoms with Crippen LogP contribution in [-0.2, 0) is 6.42 Å². The lowest BCUT2D eigenvalue weighted by molar-refractivity contribution is 0.123. The molecule has 1 aliphatic rings. The first kappa shape index (κ1) is 13.6. The number of pyridine rings is 1. The molecule has 0 spiro atoms. The molecule has 7 heteroatoms. The number of carbonyl (C=O) groups excluding carboxylic acids is 1. The molecule has 3 aromatic rings.